The van der Waals surface area contributed by atoms with E-state index in [1.807, 2.05) is 31.2 Å². The second kappa shape index (κ2) is 6.78. The minimum Gasteiger partial charge on any atom is -0.296 e. The molecule has 25 heavy (non-hydrogen) atoms. The summed E-state index contributed by atoms with van der Waals surface area (Å²) in [6.07, 6.45) is 0. The molecule has 0 fully saturated rings. The fraction of sp³-hybridized carbons (Fsp3) is 0.118. The predicted molar refractivity (Wildman–Crippen MR) is 95.9 cm³/mol. The SMILES string of the molecule is Cc1ccccc1-c1nnc(NC(=O)c2ccc(C)c([N+](=O)[O-])c2)s1. The number of nitrogens with zero attached hydrogens (tertiary/aromatic N) is 3. The first kappa shape index (κ1) is 16.7. The van der Waals surface area contributed by atoms with Crippen LogP contribution in [0, 0.1) is 24.0 Å². The maximum absolute atomic E-state index is 12.3. The van der Waals surface area contributed by atoms with Gasteiger partial charge in [-0.3, -0.25) is 20.2 Å². The maximum atomic E-state index is 12.3. The van der Waals surface area contributed by atoms with Crippen molar-refractivity contribution < 1.29 is 9.72 Å². The highest BCUT2D eigenvalue weighted by Gasteiger charge is 2.17. The first-order chi connectivity index (χ1) is 12.0. The van der Waals surface area contributed by atoms with Crippen LogP contribution in [0.3, 0.4) is 0 Å². The third-order valence-electron chi connectivity index (χ3n) is 3.69. The van der Waals surface area contributed by atoms with E-state index < -0.39 is 10.8 Å². The maximum Gasteiger partial charge on any atom is 0.273 e. The van der Waals surface area contributed by atoms with Crippen LogP contribution in [0.4, 0.5) is 10.8 Å². The lowest BCUT2D eigenvalue weighted by molar-refractivity contribution is -0.385. The number of amides is 1. The number of aromatic nitrogens is 2. The van der Waals surface area contributed by atoms with Crippen LogP contribution in [-0.4, -0.2) is 21.0 Å². The van der Waals surface area contributed by atoms with Gasteiger partial charge in [0.15, 0.2) is 0 Å². The van der Waals surface area contributed by atoms with Gasteiger partial charge in [-0.15, -0.1) is 10.2 Å². The Balaban J connectivity index is 1.82. The molecule has 0 aliphatic heterocycles. The number of carbonyl (C=O) groups excluding carboxylic acids is 1. The van der Waals surface area contributed by atoms with Crippen molar-refractivity contribution in [2.45, 2.75) is 13.8 Å². The van der Waals surface area contributed by atoms with Gasteiger partial charge in [0.1, 0.15) is 5.01 Å². The number of carbonyl (C=O) groups is 1. The third kappa shape index (κ3) is 3.53. The molecule has 0 aliphatic rings. The van der Waals surface area contributed by atoms with Crippen LogP contribution >= 0.6 is 11.3 Å². The fourth-order valence-electron chi connectivity index (χ4n) is 2.31. The molecular formula is C17H14N4O3S. The first-order valence-electron chi connectivity index (χ1n) is 7.41. The zero-order valence-corrected chi connectivity index (χ0v) is 14.3. The molecule has 0 spiro atoms. The van der Waals surface area contributed by atoms with Gasteiger partial charge in [-0.05, 0) is 25.5 Å². The Bertz CT molecular complexity index is 968. The van der Waals surface area contributed by atoms with Gasteiger partial charge in [0, 0.05) is 22.8 Å². The van der Waals surface area contributed by atoms with Crippen LogP contribution in [0.15, 0.2) is 42.5 Å². The van der Waals surface area contributed by atoms with Crippen LogP contribution in [0.2, 0.25) is 0 Å². The van der Waals surface area contributed by atoms with E-state index in [-0.39, 0.29) is 11.3 Å². The summed E-state index contributed by atoms with van der Waals surface area (Å²) in [5, 5.41) is 22.8. The van der Waals surface area contributed by atoms with Gasteiger partial charge < -0.3 is 0 Å². The molecule has 8 heteroatoms. The second-order valence-corrected chi connectivity index (χ2v) is 6.42. The number of hydrogen-bond donors (Lipinski definition) is 1. The lowest BCUT2D eigenvalue weighted by Gasteiger charge is -2.03. The van der Waals surface area contributed by atoms with Crippen LogP contribution in [0.1, 0.15) is 21.5 Å². The number of benzene rings is 2. The molecular weight excluding hydrogens is 340 g/mol. The molecule has 3 rings (SSSR count). The standard InChI is InChI=1S/C17H14N4O3S/c1-10-5-3-4-6-13(10)16-19-20-17(25-16)18-15(22)12-8-7-11(2)14(9-12)21(23)24/h3-9H,1-2H3,(H,18,20,22). The highest BCUT2D eigenvalue weighted by molar-refractivity contribution is 7.18. The zero-order valence-electron chi connectivity index (χ0n) is 13.5. The summed E-state index contributed by atoms with van der Waals surface area (Å²) in [7, 11) is 0. The molecule has 3 aromatic rings. The van der Waals surface area contributed by atoms with Crippen molar-refractivity contribution in [1.82, 2.24) is 10.2 Å². The molecule has 7 nitrogen and oxygen atoms in total. The van der Waals surface area contributed by atoms with E-state index in [1.54, 1.807) is 19.1 Å². The number of aryl methyl sites for hydroxylation is 2. The molecule has 126 valence electrons. The quantitative estimate of drug-likeness (QED) is 0.564. The summed E-state index contributed by atoms with van der Waals surface area (Å²) in [6, 6.07) is 12.1. The molecule has 0 unspecified atom stereocenters. The van der Waals surface area contributed by atoms with Crippen LogP contribution in [0.25, 0.3) is 10.6 Å². The van der Waals surface area contributed by atoms with Crippen molar-refractivity contribution in [3.8, 4) is 10.6 Å². The average molecular weight is 354 g/mol. The number of rotatable bonds is 4. The summed E-state index contributed by atoms with van der Waals surface area (Å²) in [5.41, 5.74) is 2.62. The molecule has 0 aliphatic carbocycles. The number of nitro benzene ring substituents is 1. The van der Waals surface area contributed by atoms with Gasteiger partial charge in [-0.25, -0.2) is 0 Å². The fourth-order valence-corrected chi connectivity index (χ4v) is 3.14. The monoisotopic (exact) mass is 354 g/mol. The summed E-state index contributed by atoms with van der Waals surface area (Å²) < 4.78 is 0. The van der Waals surface area contributed by atoms with Crippen molar-refractivity contribution in [3.63, 3.8) is 0 Å². The van der Waals surface area contributed by atoms with E-state index in [0.717, 1.165) is 11.1 Å². The van der Waals surface area contributed by atoms with Gasteiger partial charge in [0.2, 0.25) is 5.13 Å². The third-order valence-corrected chi connectivity index (χ3v) is 4.56. The minimum absolute atomic E-state index is 0.0921. The van der Waals surface area contributed by atoms with Gasteiger partial charge in [0.25, 0.3) is 11.6 Å². The summed E-state index contributed by atoms with van der Waals surface area (Å²) >= 11 is 1.25. The molecule has 0 bridgehead atoms. The van der Waals surface area contributed by atoms with E-state index >= 15 is 0 Å². The Morgan fingerprint density at radius 1 is 1.12 bits per heavy atom. The van der Waals surface area contributed by atoms with Gasteiger partial charge >= 0.3 is 0 Å². The second-order valence-electron chi connectivity index (χ2n) is 5.44. The number of hydrogen-bond acceptors (Lipinski definition) is 6. The topological polar surface area (TPSA) is 98.0 Å². The minimum atomic E-state index is -0.507. The van der Waals surface area contributed by atoms with Crippen molar-refractivity contribution >= 4 is 28.1 Å². The van der Waals surface area contributed by atoms with E-state index in [2.05, 4.69) is 15.5 Å². The normalized spacial score (nSPS) is 10.5. The van der Waals surface area contributed by atoms with Gasteiger partial charge in [0.05, 0.1) is 4.92 Å². The van der Waals surface area contributed by atoms with Crippen LogP contribution < -0.4 is 5.32 Å². The number of nitrogens with one attached hydrogen (secondary N) is 1. The lowest BCUT2D eigenvalue weighted by atomic mass is 10.1. The summed E-state index contributed by atoms with van der Waals surface area (Å²) in [6.45, 7) is 3.60. The summed E-state index contributed by atoms with van der Waals surface area (Å²) in [4.78, 5) is 22.8. The largest absolute Gasteiger partial charge is 0.296 e. The molecule has 0 radical (unpaired) electrons. The predicted octanol–water partition coefficient (Wildman–Crippen LogP) is 3.98. The van der Waals surface area contributed by atoms with E-state index in [4.69, 9.17) is 0 Å². The molecule has 1 heterocycles. The Morgan fingerprint density at radius 2 is 1.88 bits per heavy atom. The Hall–Kier alpha value is -3.13. The highest BCUT2D eigenvalue weighted by atomic mass is 32.1. The van der Waals surface area contributed by atoms with E-state index in [0.29, 0.717) is 15.7 Å². The molecule has 1 aromatic heterocycles. The number of nitro groups is 1. The van der Waals surface area contributed by atoms with Crippen molar-refractivity contribution in [3.05, 3.63) is 69.3 Å². The molecule has 0 atom stereocenters. The Labute approximate surface area is 147 Å². The van der Waals surface area contributed by atoms with Crippen LogP contribution in [0.5, 0.6) is 0 Å². The average Bonchev–Trinajstić information content (AvgIpc) is 3.03. The Kier molecular flexibility index (Phi) is 4.53. The van der Waals surface area contributed by atoms with Crippen molar-refractivity contribution in [2.75, 3.05) is 5.32 Å². The van der Waals surface area contributed by atoms with E-state index in [9.17, 15) is 14.9 Å². The van der Waals surface area contributed by atoms with Crippen LogP contribution in [-0.2, 0) is 0 Å². The molecule has 1 amide bonds. The van der Waals surface area contributed by atoms with Crippen molar-refractivity contribution in [1.29, 1.82) is 0 Å². The van der Waals surface area contributed by atoms with E-state index in [1.165, 1.54) is 17.4 Å². The smallest absolute Gasteiger partial charge is 0.273 e. The lowest BCUT2D eigenvalue weighted by Crippen LogP contribution is -2.12. The molecule has 0 saturated heterocycles. The van der Waals surface area contributed by atoms with Gasteiger partial charge in [-0.1, -0.05) is 41.7 Å². The summed E-state index contributed by atoms with van der Waals surface area (Å²) in [5.74, 6) is -0.462. The zero-order chi connectivity index (χ0) is 18.0. The van der Waals surface area contributed by atoms with Gasteiger partial charge in [-0.2, -0.15) is 0 Å². The molecule has 2 aromatic carbocycles. The molecule has 1 N–H and O–H groups in total. The Morgan fingerprint density at radius 3 is 2.60 bits per heavy atom. The first-order valence-corrected chi connectivity index (χ1v) is 8.23. The van der Waals surface area contributed by atoms with Crippen molar-refractivity contribution in [2.24, 2.45) is 0 Å². The molecule has 0 saturated carbocycles. The number of anilines is 1. The highest BCUT2D eigenvalue weighted by Crippen LogP contribution is 2.29.